The van der Waals surface area contributed by atoms with Gasteiger partial charge in [-0.15, -0.1) is 11.8 Å². The zero-order chi connectivity index (χ0) is 33.0. The molecule has 0 atom stereocenters. The Kier molecular flexibility index (Phi) is 11.1. The standard InChI is InChI=1S/C38H33N3O5S/c1-45-31-20-21-35(46-2)33(24-31)40-36(42)25-47-32-15-9-14-30(23-32)39-38(44)34(41-37(43)29-12-7-4-8-13-29)22-26-16-18-28(19-17-26)27-10-5-3-6-11-27/h3-24H,25H2,1-2H3,(H,39,44)(H,40,42)(H,41,43)/b34-22+. The monoisotopic (exact) mass is 643 g/mol. The Bertz CT molecular complexity index is 1880. The average molecular weight is 644 g/mol. The molecule has 3 amide bonds. The molecular weight excluding hydrogens is 611 g/mol. The highest BCUT2D eigenvalue weighted by Gasteiger charge is 2.16. The number of benzene rings is 5. The number of amides is 3. The van der Waals surface area contributed by atoms with Gasteiger partial charge in [-0.3, -0.25) is 14.4 Å². The summed E-state index contributed by atoms with van der Waals surface area (Å²) in [6, 6.07) is 38.7. The first kappa shape index (κ1) is 32.6. The first-order chi connectivity index (χ1) is 22.9. The molecule has 0 aromatic heterocycles. The molecule has 0 bridgehead atoms. The molecule has 0 radical (unpaired) electrons. The van der Waals surface area contributed by atoms with Crippen molar-refractivity contribution in [1.82, 2.24) is 5.32 Å². The zero-order valence-electron chi connectivity index (χ0n) is 25.9. The molecule has 5 rings (SSSR count). The maximum Gasteiger partial charge on any atom is 0.272 e. The summed E-state index contributed by atoms with van der Waals surface area (Å²) in [6.45, 7) is 0. The summed E-state index contributed by atoms with van der Waals surface area (Å²) in [7, 11) is 3.08. The molecule has 8 nitrogen and oxygen atoms in total. The largest absolute Gasteiger partial charge is 0.497 e. The molecule has 0 fully saturated rings. The van der Waals surface area contributed by atoms with Gasteiger partial charge in [0.25, 0.3) is 11.8 Å². The third kappa shape index (κ3) is 9.12. The molecule has 0 heterocycles. The van der Waals surface area contributed by atoms with Crippen molar-refractivity contribution in [2.75, 3.05) is 30.6 Å². The summed E-state index contributed by atoms with van der Waals surface area (Å²) >= 11 is 1.31. The Hall–Kier alpha value is -5.80. The second-order valence-electron chi connectivity index (χ2n) is 10.3. The van der Waals surface area contributed by atoms with E-state index in [1.807, 2.05) is 66.7 Å². The number of carbonyl (C=O) groups is 3. The second kappa shape index (κ2) is 16.0. The Balaban J connectivity index is 1.29. The summed E-state index contributed by atoms with van der Waals surface area (Å²) in [5, 5.41) is 8.52. The average Bonchev–Trinajstić information content (AvgIpc) is 3.11. The summed E-state index contributed by atoms with van der Waals surface area (Å²) in [5.74, 6) is 0.0964. The highest BCUT2D eigenvalue weighted by Crippen LogP contribution is 2.30. The highest BCUT2D eigenvalue weighted by atomic mass is 32.2. The van der Waals surface area contributed by atoms with Crippen molar-refractivity contribution in [3.05, 3.63) is 144 Å². The predicted molar refractivity (Wildman–Crippen MR) is 188 cm³/mol. The number of nitrogens with one attached hydrogen (secondary N) is 3. The lowest BCUT2D eigenvalue weighted by atomic mass is 10.0. The van der Waals surface area contributed by atoms with Crippen LogP contribution in [0.4, 0.5) is 11.4 Å². The van der Waals surface area contributed by atoms with E-state index < -0.39 is 11.8 Å². The van der Waals surface area contributed by atoms with E-state index in [4.69, 9.17) is 9.47 Å². The number of carbonyl (C=O) groups excluding carboxylic acids is 3. The van der Waals surface area contributed by atoms with E-state index in [9.17, 15) is 14.4 Å². The molecule has 3 N–H and O–H groups in total. The van der Waals surface area contributed by atoms with Gasteiger partial charge in [0, 0.05) is 22.2 Å². The normalized spacial score (nSPS) is 10.9. The smallest absolute Gasteiger partial charge is 0.272 e. The molecule has 9 heteroatoms. The molecule has 0 saturated heterocycles. The molecule has 0 aliphatic heterocycles. The number of thioether (sulfide) groups is 1. The first-order valence-electron chi connectivity index (χ1n) is 14.7. The summed E-state index contributed by atoms with van der Waals surface area (Å²) in [6.07, 6.45) is 1.64. The van der Waals surface area contributed by atoms with E-state index in [1.54, 1.807) is 73.8 Å². The van der Waals surface area contributed by atoms with Crippen LogP contribution in [0.15, 0.2) is 138 Å². The molecule has 5 aromatic rings. The third-order valence-electron chi connectivity index (χ3n) is 7.00. The molecule has 236 valence electrons. The predicted octanol–water partition coefficient (Wildman–Crippen LogP) is 7.51. The van der Waals surface area contributed by atoms with Gasteiger partial charge in [0.1, 0.15) is 17.2 Å². The fourth-order valence-corrected chi connectivity index (χ4v) is 5.38. The van der Waals surface area contributed by atoms with E-state index in [2.05, 4.69) is 16.0 Å². The fraction of sp³-hybridized carbons (Fsp3) is 0.0789. The minimum atomic E-state index is -0.494. The van der Waals surface area contributed by atoms with Crippen LogP contribution in [0.3, 0.4) is 0 Å². The van der Waals surface area contributed by atoms with Crippen LogP contribution >= 0.6 is 11.8 Å². The Morgan fingerprint density at radius 2 is 1.40 bits per heavy atom. The SMILES string of the molecule is COc1ccc(OC)c(NC(=O)CSc2cccc(NC(=O)/C(=C\c3ccc(-c4ccccc4)cc3)NC(=O)c3ccccc3)c2)c1. The van der Waals surface area contributed by atoms with Gasteiger partial charge in [-0.25, -0.2) is 0 Å². The maximum absolute atomic E-state index is 13.6. The second-order valence-corrected chi connectivity index (χ2v) is 11.3. The van der Waals surface area contributed by atoms with E-state index in [-0.39, 0.29) is 17.4 Å². The maximum atomic E-state index is 13.6. The van der Waals surface area contributed by atoms with E-state index in [0.717, 1.165) is 21.6 Å². The van der Waals surface area contributed by atoms with Gasteiger partial charge in [-0.1, -0.05) is 78.9 Å². The number of hydrogen-bond acceptors (Lipinski definition) is 6. The molecule has 5 aromatic carbocycles. The van der Waals surface area contributed by atoms with Crippen molar-refractivity contribution >= 4 is 46.9 Å². The minimum Gasteiger partial charge on any atom is -0.497 e. The van der Waals surface area contributed by atoms with Crippen molar-refractivity contribution in [2.45, 2.75) is 4.90 Å². The van der Waals surface area contributed by atoms with Gasteiger partial charge >= 0.3 is 0 Å². The molecule has 0 saturated carbocycles. The lowest BCUT2D eigenvalue weighted by molar-refractivity contribution is -0.114. The lowest BCUT2D eigenvalue weighted by Crippen LogP contribution is -2.30. The van der Waals surface area contributed by atoms with Crippen LogP contribution < -0.4 is 25.4 Å². The zero-order valence-corrected chi connectivity index (χ0v) is 26.7. The van der Waals surface area contributed by atoms with Gasteiger partial charge in [0.05, 0.1) is 25.7 Å². The number of rotatable bonds is 12. The summed E-state index contributed by atoms with van der Waals surface area (Å²) < 4.78 is 10.6. The lowest BCUT2D eigenvalue weighted by Gasteiger charge is -2.13. The first-order valence-corrected chi connectivity index (χ1v) is 15.7. The quantitative estimate of drug-likeness (QED) is 0.0960. The van der Waals surface area contributed by atoms with Crippen molar-refractivity contribution in [3.63, 3.8) is 0 Å². The van der Waals surface area contributed by atoms with Crippen molar-refractivity contribution in [3.8, 4) is 22.6 Å². The van der Waals surface area contributed by atoms with Crippen LogP contribution in [0.2, 0.25) is 0 Å². The number of hydrogen-bond donors (Lipinski definition) is 3. The molecule has 0 spiro atoms. The number of ether oxygens (including phenoxy) is 2. The molecule has 47 heavy (non-hydrogen) atoms. The fourth-order valence-electron chi connectivity index (χ4n) is 4.62. The van der Waals surface area contributed by atoms with Gasteiger partial charge in [0.15, 0.2) is 0 Å². The van der Waals surface area contributed by atoms with Crippen molar-refractivity contribution < 1.29 is 23.9 Å². The summed E-state index contributed by atoms with van der Waals surface area (Å²) in [5.41, 5.74) is 4.37. The van der Waals surface area contributed by atoms with Crippen LogP contribution in [-0.4, -0.2) is 37.7 Å². The van der Waals surface area contributed by atoms with Gasteiger partial charge < -0.3 is 25.4 Å². The molecule has 0 aliphatic rings. The minimum absolute atomic E-state index is 0.0796. The van der Waals surface area contributed by atoms with Crippen LogP contribution in [0.25, 0.3) is 17.2 Å². The highest BCUT2D eigenvalue weighted by molar-refractivity contribution is 8.00. The van der Waals surface area contributed by atoms with Crippen LogP contribution in [0, 0.1) is 0 Å². The third-order valence-corrected chi connectivity index (χ3v) is 7.99. The van der Waals surface area contributed by atoms with Crippen molar-refractivity contribution in [1.29, 1.82) is 0 Å². The van der Waals surface area contributed by atoms with Gasteiger partial charge in [0.2, 0.25) is 5.91 Å². The number of anilines is 2. The van der Waals surface area contributed by atoms with Crippen LogP contribution in [-0.2, 0) is 9.59 Å². The molecular formula is C38H33N3O5S. The van der Waals surface area contributed by atoms with Crippen LogP contribution in [0.5, 0.6) is 11.5 Å². The topological polar surface area (TPSA) is 106 Å². The Morgan fingerprint density at radius 1 is 0.702 bits per heavy atom. The Labute approximate surface area is 277 Å². The van der Waals surface area contributed by atoms with Crippen molar-refractivity contribution in [2.24, 2.45) is 0 Å². The van der Waals surface area contributed by atoms with E-state index in [0.29, 0.717) is 28.4 Å². The van der Waals surface area contributed by atoms with Crippen LogP contribution in [0.1, 0.15) is 15.9 Å². The van der Waals surface area contributed by atoms with E-state index in [1.165, 1.54) is 18.9 Å². The van der Waals surface area contributed by atoms with Gasteiger partial charge in [-0.2, -0.15) is 0 Å². The van der Waals surface area contributed by atoms with Gasteiger partial charge in [-0.05, 0) is 65.2 Å². The number of methoxy groups -OCH3 is 2. The molecule has 0 unspecified atom stereocenters. The van der Waals surface area contributed by atoms with E-state index >= 15 is 0 Å². The molecule has 0 aliphatic carbocycles. The summed E-state index contributed by atoms with van der Waals surface area (Å²) in [4.78, 5) is 40.2. The Morgan fingerprint density at radius 3 is 2.11 bits per heavy atom.